The fraction of sp³-hybridized carbons (Fsp3) is 0.333. The van der Waals surface area contributed by atoms with Crippen LogP contribution in [0.15, 0.2) is 9.00 Å². The molecule has 0 aromatic carbocycles. The molecule has 98 valence electrons. The van der Waals surface area contributed by atoms with Gasteiger partial charge in [-0.3, -0.25) is 9.52 Å². The summed E-state index contributed by atoms with van der Waals surface area (Å²) in [4.78, 5) is 18.2. The number of sulfonamides is 1. The molecule has 2 aromatic rings. The Balaban J connectivity index is 2.38. The Bertz CT molecular complexity index is 719. The molecular formula is C9H11N3O3S3. The van der Waals surface area contributed by atoms with Crippen molar-refractivity contribution >= 4 is 37.8 Å². The Kier molecular flexibility index (Phi) is 3.30. The van der Waals surface area contributed by atoms with Gasteiger partial charge >= 0.3 is 4.87 Å². The summed E-state index contributed by atoms with van der Waals surface area (Å²) in [5, 5.41) is 0.310. The predicted molar refractivity (Wildman–Crippen MR) is 72.1 cm³/mol. The number of aromatic nitrogens is 2. The smallest absolute Gasteiger partial charge is 0.306 e. The van der Waals surface area contributed by atoms with E-state index in [-0.39, 0.29) is 9.08 Å². The SMILES string of the molecule is Cc1nc(NS(=O)(=O)c2sc(=O)[nH]c2C)sc1C. The van der Waals surface area contributed by atoms with Gasteiger partial charge in [-0.25, -0.2) is 13.4 Å². The normalized spacial score (nSPS) is 11.7. The standard InChI is InChI=1S/C9H11N3O3S3/c1-4-6(3)16-8(10-4)12-18(14,15)7-5(2)11-9(13)17-7/h1-3H3,(H,10,12)(H,11,13). The third-order valence-corrected chi connectivity index (χ3v) is 6.34. The number of anilines is 1. The van der Waals surface area contributed by atoms with E-state index < -0.39 is 10.0 Å². The molecule has 0 aliphatic heterocycles. The van der Waals surface area contributed by atoms with Crippen LogP contribution in [0.5, 0.6) is 0 Å². The van der Waals surface area contributed by atoms with Crippen molar-refractivity contribution in [2.75, 3.05) is 4.72 Å². The molecule has 2 N–H and O–H groups in total. The highest BCUT2D eigenvalue weighted by atomic mass is 32.2. The molecule has 0 aliphatic carbocycles. The summed E-state index contributed by atoms with van der Waals surface area (Å²) in [6.07, 6.45) is 0. The quantitative estimate of drug-likeness (QED) is 0.901. The van der Waals surface area contributed by atoms with Crippen molar-refractivity contribution in [3.05, 3.63) is 25.9 Å². The summed E-state index contributed by atoms with van der Waals surface area (Å²) >= 11 is 1.93. The molecule has 6 nitrogen and oxygen atoms in total. The molecule has 0 atom stereocenters. The van der Waals surface area contributed by atoms with Gasteiger partial charge < -0.3 is 4.98 Å². The van der Waals surface area contributed by atoms with Crippen LogP contribution in [-0.4, -0.2) is 18.4 Å². The van der Waals surface area contributed by atoms with Crippen LogP contribution in [0.3, 0.4) is 0 Å². The molecule has 2 aromatic heterocycles. The zero-order valence-corrected chi connectivity index (χ0v) is 12.3. The maximum absolute atomic E-state index is 12.1. The third kappa shape index (κ3) is 2.47. The first-order valence-electron chi connectivity index (χ1n) is 4.96. The van der Waals surface area contributed by atoms with Crippen LogP contribution < -0.4 is 9.60 Å². The van der Waals surface area contributed by atoms with Gasteiger partial charge in [0.15, 0.2) is 9.34 Å². The summed E-state index contributed by atoms with van der Waals surface area (Å²) in [6.45, 7) is 5.22. The van der Waals surface area contributed by atoms with E-state index in [9.17, 15) is 13.2 Å². The first-order chi connectivity index (χ1) is 8.29. The Morgan fingerprint density at radius 3 is 2.33 bits per heavy atom. The summed E-state index contributed by atoms with van der Waals surface area (Å²) in [7, 11) is -3.74. The lowest BCUT2D eigenvalue weighted by molar-refractivity contribution is 0.602. The minimum atomic E-state index is -3.74. The Labute approximate surface area is 112 Å². The van der Waals surface area contributed by atoms with Gasteiger partial charge in [0, 0.05) is 10.6 Å². The minimum absolute atomic E-state index is 0.00185. The number of rotatable bonds is 3. The molecule has 2 heterocycles. The maximum atomic E-state index is 12.1. The number of aromatic amines is 1. The average Bonchev–Trinajstić information content (AvgIpc) is 2.70. The van der Waals surface area contributed by atoms with Gasteiger partial charge in [0.05, 0.1) is 5.69 Å². The van der Waals surface area contributed by atoms with E-state index in [0.717, 1.165) is 10.6 Å². The molecule has 0 amide bonds. The third-order valence-electron chi connectivity index (χ3n) is 2.28. The van der Waals surface area contributed by atoms with Gasteiger partial charge in [-0.1, -0.05) is 11.3 Å². The van der Waals surface area contributed by atoms with Crippen LogP contribution in [0.4, 0.5) is 5.13 Å². The van der Waals surface area contributed by atoms with Gasteiger partial charge in [-0.15, -0.1) is 11.3 Å². The molecule has 0 saturated carbocycles. The lowest BCUT2D eigenvalue weighted by Gasteiger charge is -2.02. The zero-order chi connectivity index (χ0) is 13.5. The van der Waals surface area contributed by atoms with Crippen LogP contribution in [0.1, 0.15) is 16.3 Å². The number of nitrogens with zero attached hydrogens (tertiary/aromatic N) is 1. The Morgan fingerprint density at radius 2 is 1.89 bits per heavy atom. The Morgan fingerprint density at radius 1 is 1.22 bits per heavy atom. The molecule has 2 rings (SSSR count). The molecule has 0 bridgehead atoms. The first-order valence-corrected chi connectivity index (χ1v) is 8.08. The van der Waals surface area contributed by atoms with Crippen LogP contribution in [0.2, 0.25) is 0 Å². The second-order valence-corrected chi connectivity index (χ2v) is 7.76. The fourth-order valence-electron chi connectivity index (χ4n) is 1.32. The predicted octanol–water partition coefficient (Wildman–Crippen LogP) is 1.62. The summed E-state index contributed by atoms with van der Waals surface area (Å²) in [5.74, 6) is 0. The van der Waals surface area contributed by atoms with Crippen molar-refractivity contribution in [2.45, 2.75) is 25.0 Å². The first kappa shape index (κ1) is 13.2. The molecule has 0 fully saturated rings. The summed E-state index contributed by atoms with van der Waals surface area (Å²) in [5.41, 5.74) is 1.12. The monoisotopic (exact) mass is 305 g/mol. The highest BCUT2D eigenvalue weighted by Crippen LogP contribution is 2.25. The molecule has 18 heavy (non-hydrogen) atoms. The van der Waals surface area contributed by atoms with E-state index in [0.29, 0.717) is 22.2 Å². The summed E-state index contributed by atoms with van der Waals surface area (Å²) < 4.78 is 26.5. The van der Waals surface area contributed by atoms with Crippen molar-refractivity contribution in [3.63, 3.8) is 0 Å². The van der Waals surface area contributed by atoms with E-state index in [1.807, 2.05) is 13.8 Å². The summed E-state index contributed by atoms with van der Waals surface area (Å²) in [6, 6.07) is 0. The van der Waals surface area contributed by atoms with Gasteiger partial charge in [0.25, 0.3) is 10.0 Å². The lowest BCUT2D eigenvalue weighted by atomic mass is 10.4. The maximum Gasteiger partial charge on any atom is 0.306 e. The van der Waals surface area contributed by atoms with Crippen molar-refractivity contribution in [1.29, 1.82) is 0 Å². The minimum Gasteiger partial charge on any atom is -0.315 e. The van der Waals surface area contributed by atoms with E-state index in [1.165, 1.54) is 11.3 Å². The molecule has 0 aliphatic rings. The number of hydrogen-bond acceptors (Lipinski definition) is 6. The average molecular weight is 305 g/mol. The number of H-pyrrole nitrogens is 1. The van der Waals surface area contributed by atoms with Gasteiger partial charge in [-0.05, 0) is 20.8 Å². The molecule has 0 radical (unpaired) electrons. The van der Waals surface area contributed by atoms with E-state index >= 15 is 0 Å². The van der Waals surface area contributed by atoms with Crippen molar-refractivity contribution in [1.82, 2.24) is 9.97 Å². The molecule has 0 saturated heterocycles. The molecule has 0 unspecified atom stereocenters. The molecular weight excluding hydrogens is 294 g/mol. The van der Waals surface area contributed by atoms with Crippen molar-refractivity contribution in [3.8, 4) is 0 Å². The number of thiazole rings is 2. The zero-order valence-electron chi connectivity index (χ0n) is 9.90. The van der Waals surface area contributed by atoms with E-state index in [4.69, 9.17) is 0 Å². The number of hydrogen-bond donors (Lipinski definition) is 2. The highest BCUT2D eigenvalue weighted by Gasteiger charge is 2.22. The Hall–Kier alpha value is -1.19. The number of nitrogens with one attached hydrogen (secondary N) is 2. The molecule has 0 spiro atoms. The topological polar surface area (TPSA) is 91.9 Å². The second kappa shape index (κ2) is 4.48. The van der Waals surface area contributed by atoms with Crippen LogP contribution in [-0.2, 0) is 10.0 Å². The van der Waals surface area contributed by atoms with Gasteiger partial charge in [0.2, 0.25) is 0 Å². The van der Waals surface area contributed by atoms with Crippen LogP contribution in [0.25, 0.3) is 0 Å². The van der Waals surface area contributed by atoms with Crippen LogP contribution in [0, 0.1) is 20.8 Å². The van der Waals surface area contributed by atoms with Gasteiger partial charge in [-0.2, -0.15) is 0 Å². The van der Waals surface area contributed by atoms with Gasteiger partial charge in [0.1, 0.15) is 0 Å². The van der Waals surface area contributed by atoms with E-state index in [1.54, 1.807) is 6.92 Å². The van der Waals surface area contributed by atoms with E-state index in [2.05, 4.69) is 14.7 Å². The van der Waals surface area contributed by atoms with Crippen molar-refractivity contribution in [2.24, 2.45) is 0 Å². The second-order valence-electron chi connectivity index (χ2n) is 3.69. The lowest BCUT2D eigenvalue weighted by Crippen LogP contribution is -2.12. The fourth-order valence-corrected chi connectivity index (χ4v) is 4.68. The molecule has 9 heteroatoms. The van der Waals surface area contributed by atoms with Crippen molar-refractivity contribution < 1.29 is 8.42 Å². The number of aryl methyl sites for hydroxylation is 3. The largest absolute Gasteiger partial charge is 0.315 e. The van der Waals surface area contributed by atoms with Crippen LogP contribution >= 0.6 is 22.7 Å². The highest BCUT2D eigenvalue weighted by molar-refractivity contribution is 7.94.